The van der Waals surface area contributed by atoms with Crippen molar-refractivity contribution in [2.24, 2.45) is 11.8 Å². The van der Waals surface area contributed by atoms with Crippen molar-refractivity contribution in [1.82, 2.24) is 0 Å². The summed E-state index contributed by atoms with van der Waals surface area (Å²) < 4.78 is 1.07. The highest BCUT2D eigenvalue weighted by molar-refractivity contribution is 9.10. The highest BCUT2D eigenvalue weighted by Gasteiger charge is 2.29. The van der Waals surface area contributed by atoms with Crippen LogP contribution in [0.25, 0.3) is 0 Å². The Hall–Kier alpha value is -0.830. The van der Waals surface area contributed by atoms with Gasteiger partial charge in [-0.1, -0.05) is 47.3 Å². The first-order valence-corrected chi connectivity index (χ1v) is 7.43. The average Bonchev–Trinajstić information content (AvgIpc) is 2.57. The van der Waals surface area contributed by atoms with Crippen LogP contribution >= 0.6 is 15.9 Å². The summed E-state index contributed by atoms with van der Waals surface area (Å²) in [6.45, 7) is 0. The molecular weight excluding hydrogens is 292 g/mol. The number of hydrogen-bond acceptors (Lipinski definition) is 1. The third-order valence-corrected chi connectivity index (χ3v) is 4.42. The van der Waals surface area contributed by atoms with Crippen molar-refractivity contribution in [3.8, 4) is 0 Å². The van der Waals surface area contributed by atoms with E-state index in [0.29, 0.717) is 5.92 Å². The first kappa shape index (κ1) is 13.6. The van der Waals surface area contributed by atoms with Gasteiger partial charge >= 0.3 is 5.97 Å². The molecule has 0 aromatic heterocycles. The highest BCUT2D eigenvalue weighted by Crippen LogP contribution is 2.31. The first-order chi connectivity index (χ1) is 8.66. The molecule has 18 heavy (non-hydrogen) atoms. The SMILES string of the molecule is O=C(O)C1CCCCCC1Cc1ccc(Br)cc1. The summed E-state index contributed by atoms with van der Waals surface area (Å²) >= 11 is 3.42. The molecule has 98 valence electrons. The topological polar surface area (TPSA) is 37.3 Å². The minimum absolute atomic E-state index is 0.156. The van der Waals surface area contributed by atoms with Crippen molar-refractivity contribution in [2.75, 3.05) is 0 Å². The van der Waals surface area contributed by atoms with Crippen molar-refractivity contribution >= 4 is 21.9 Å². The fourth-order valence-corrected chi connectivity index (χ4v) is 3.14. The van der Waals surface area contributed by atoms with Gasteiger partial charge in [0.25, 0.3) is 0 Å². The van der Waals surface area contributed by atoms with Crippen molar-refractivity contribution in [3.63, 3.8) is 0 Å². The van der Waals surface area contributed by atoms with Gasteiger partial charge in [0.05, 0.1) is 5.92 Å². The monoisotopic (exact) mass is 310 g/mol. The minimum atomic E-state index is -0.612. The molecule has 2 unspecified atom stereocenters. The molecule has 1 saturated carbocycles. The lowest BCUT2D eigenvalue weighted by atomic mass is 9.83. The number of hydrogen-bond donors (Lipinski definition) is 1. The van der Waals surface area contributed by atoms with Gasteiger partial charge in [0.15, 0.2) is 0 Å². The Morgan fingerprint density at radius 2 is 1.83 bits per heavy atom. The predicted molar refractivity (Wildman–Crippen MR) is 75.5 cm³/mol. The lowest BCUT2D eigenvalue weighted by molar-refractivity contribution is -0.143. The molecular formula is C15H19BrO2. The highest BCUT2D eigenvalue weighted by atomic mass is 79.9. The van der Waals surface area contributed by atoms with E-state index in [1.165, 1.54) is 18.4 Å². The molecule has 1 N–H and O–H groups in total. The second-order valence-electron chi connectivity index (χ2n) is 5.17. The van der Waals surface area contributed by atoms with E-state index in [1.807, 2.05) is 12.1 Å². The standard InChI is InChI=1S/C15H19BrO2/c16-13-8-6-11(7-9-13)10-12-4-2-1-3-5-14(12)15(17)18/h6-9,12,14H,1-5,10H2,(H,17,18). The molecule has 2 atom stereocenters. The third kappa shape index (κ3) is 3.58. The van der Waals surface area contributed by atoms with Crippen LogP contribution in [0.3, 0.4) is 0 Å². The molecule has 2 rings (SSSR count). The fraction of sp³-hybridized carbons (Fsp3) is 0.533. The number of carbonyl (C=O) groups is 1. The van der Waals surface area contributed by atoms with Gasteiger partial charge in [0.2, 0.25) is 0 Å². The molecule has 1 aromatic rings. The van der Waals surface area contributed by atoms with Crippen LogP contribution < -0.4 is 0 Å². The van der Waals surface area contributed by atoms with Crippen LogP contribution in [-0.2, 0) is 11.2 Å². The molecule has 1 fully saturated rings. The molecule has 1 aliphatic carbocycles. The van der Waals surface area contributed by atoms with Crippen LogP contribution in [0.5, 0.6) is 0 Å². The van der Waals surface area contributed by atoms with Crippen LogP contribution in [0, 0.1) is 11.8 Å². The summed E-state index contributed by atoms with van der Waals surface area (Å²) in [7, 11) is 0. The van der Waals surface area contributed by atoms with E-state index in [2.05, 4.69) is 28.1 Å². The molecule has 1 aliphatic rings. The molecule has 1 aromatic carbocycles. The molecule has 3 heteroatoms. The van der Waals surface area contributed by atoms with Crippen LogP contribution in [0.1, 0.15) is 37.7 Å². The predicted octanol–water partition coefficient (Wildman–Crippen LogP) is 4.27. The number of carboxylic acid groups (broad SMARTS) is 1. The smallest absolute Gasteiger partial charge is 0.306 e. The Bertz CT molecular complexity index is 399. The number of rotatable bonds is 3. The van der Waals surface area contributed by atoms with E-state index in [-0.39, 0.29) is 5.92 Å². The van der Waals surface area contributed by atoms with Crippen molar-refractivity contribution in [3.05, 3.63) is 34.3 Å². The molecule has 0 spiro atoms. The number of benzene rings is 1. The maximum absolute atomic E-state index is 11.4. The van der Waals surface area contributed by atoms with Crippen LogP contribution in [0.4, 0.5) is 0 Å². The van der Waals surface area contributed by atoms with E-state index < -0.39 is 5.97 Å². The van der Waals surface area contributed by atoms with Crippen LogP contribution in [-0.4, -0.2) is 11.1 Å². The maximum atomic E-state index is 11.4. The Morgan fingerprint density at radius 1 is 1.17 bits per heavy atom. The lowest BCUT2D eigenvalue weighted by Gasteiger charge is -2.21. The summed E-state index contributed by atoms with van der Waals surface area (Å²) in [4.78, 5) is 11.4. The quantitative estimate of drug-likeness (QED) is 0.846. The zero-order valence-corrected chi connectivity index (χ0v) is 12.0. The van der Waals surface area contributed by atoms with E-state index in [1.54, 1.807) is 0 Å². The van der Waals surface area contributed by atoms with Gasteiger partial charge in [-0.3, -0.25) is 4.79 Å². The molecule has 0 aliphatic heterocycles. The Kier molecular flexibility index (Phi) is 4.81. The maximum Gasteiger partial charge on any atom is 0.306 e. The van der Waals surface area contributed by atoms with Gasteiger partial charge in [-0.05, 0) is 42.9 Å². The first-order valence-electron chi connectivity index (χ1n) is 6.64. The Morgan fingerprint density at radius 3 is 2.50 bits per heavy atom. The zero-order valence-electron chi connectivity index (χ0n) is 10.4. The van der Waals surface area contributed by atoms with Crippen LogP contribution in [0.15, 0.2) is 28.7 Å². The van der Waals surface area contributed by atoms with Gasteiger partial charge in [0.1, 0.15) is 0 Å². The fourth-order valence-electron chi connectivity index (χ4n) is 2.88. The van der Waals surface area contributed by atoms with Crippen molar-refractivity contribution in [2.45, 2.75) is 38.5 Å². The Balaban J connectivity index is 2.08. The number of carboxylic acids is 1. The van der Waals surface area contributed by atoms with E-state index in [4.69, 9.17) is 0 Å². The molecule has 2 nitrogen and oxygen atoms in total. The van der Waals surface area contributed by atoms with Crippen molar-refractivity contribution < 1.29 is 9.90 Å². The second kappa shape index (κ2) is 6.37. The average molecular weight is 311 g/mol. The second-order valence-corrected chi connectivity index (χ2v) is 6.09. The third-order valence-electron chi connectivity index (χ3n) is 3.89. The Labute approximate surface area is 117 Å². The largest absolute Gasteiger partial charge is 0.481 e. The molecule has 0 bridgehead atoms. The summed E-state index contributed by atoms with van der Waals surface area (Å²) in [5, 5.41) is 9.35. The van der Waals surface area contributed by atoms with E-state index in [0.717, 1.165) is 30.2 Å². The number of aliphatic carboxylic acids is 1. The van der Waals surface area contributed by atoms with Gasteiger partial charge in [0, 0.05) is 4.47 Å². The molecule has 0 saturated heterocycles. The summed E-state index contributed by atoms with van der Waals surface area (Å²) in [6.07, 6.45) is 6.20. The minimum Gasteiger partial charge on any atom is -0.481 e. The van der Waals surface area contributed by atoms with E-state index >= 15 is 0 Å². The zero-order chi connectivity index (χ0) is 13.0. The lowest BCUT2D eigenvalue weighted by Crippen LogP contribution is -2.24. The van der Waals surface area contributed by atoms with Gasteiger partial charge < -0.3 is 5.11 Å². The normalized spacial score (nSPS) is 24.5. The van der Waals surface area contributed by atoms with Gasteiger partial charge in [-0.15, -0.1) is 0 Å². The van der Waals surface area contributed by atoms with Crippen LogP contribution in [0.2, 0.25) is 0 Å². The van der Waals surface area contributed by atoms with Crippen molar-refractivity contribution in [1.29, 1.82) is 0 Å². The van der Waals surface area contributed by atoms with Gasteiger partial charge in [-0.25, -0.2) is 0 Å². The summed E-state index contributed by atoms with van der Waals surface area (Å²) in [5.74, 6) is -0.471. The molecule has 0 heterocycles. The molecule has 0 radical (unpaired) electrons. The molecule has 0 amide bonds. The van der Waals surface area contributed by atoms with Gasteiger partial charge in [-0.2, -0.15) is 0 Å². The number of halogens is 1. The summed E-state index contributed by atoms with van der Waals surface area (Å²) in [6, 6.07) is 8.24. The summed E-state index contributed by atoms with van der Waals surface area (Å²) in [5.41, 5.74) is 1.25. The van der Waals surface area contributed by atoms with E-state index in [9.17, 15) is 9.90 Å².